The van der Waals surface area contributed by atoms with Gasteiger partial charge in [0.05, 0.1) is 12.2 Å². The van der Waals surface area contributed by atoms with Gasteiger partial charge in [-0.25, -0.2) is 9.97 Å². The minimum absolute atomic E-state index is 0.125. The minimum atomic E-state index is -0.125. The molecule has 2 rings (SSSR count). The molecule has 0 bridgehead atoms. The Kier molecular flexibility index (Phi) is 4.48. The SMILES string of the molecule is CCCc1nc(NC)c(C)c(N2CCOC(C)(C)C2)n1. The molecule has 1 aromatic rings. The van der Waals surface area contributed by atoms with Gasteiger partial charge in [0.25, 0.3) is 0 Å². The van der Waals surface area contributed by atoms with E-state index in [1.165, 1.54) is 0 Å². The van der Waals surface area contributed by atoms with Crippen molar-refractivity contribution in [2.24, 2.45) is 0 Å². The van der Waals surface area contributed by atoms with E-state index < -0.39 is 0 Å². The van der Waals surface area contributed by atoms with Crippen LogP contribution in [0.5, 0.6) is 0 Å². The van der Waals surface area contributed by atoms with E-state index in [-0.39, 0.29) is 5.60 Å². The van der Waals surface area contributed by atoms with E-state index in [4.69, 9.17) is 9.72 Å². The number of hydrogen-bond donors (Lipinski definition) is 1. The van der Waals surface area contributed by atoms with E-state index in [2.05, 4.69) is 42.9 Å². The third kappa shape index (κ3) is 3.20. The topological polar surface area (TPSA) is 50.3 Å². The number of aryl methyl sites for hydroxylation is 1. The summed E-state index contributed by atoms with van der Waals surface area (Å²) in [4.78, 5) is 11.7. The van der Waals surface area contributed by atoms with Crippen LogP contribution in [-0.2, 0) is 11.2 Å². The Morgan fingerprint density at radius 2 is 2.10 bits per heavy atom. The van der Waals surface area contributed by atoms with Gasteiger partial charge in [0.15, 0.2) is 0 Å². The number of nitrogens with one attached hydrogen (secondary N) is 1. The molecular formula is C15H26N4O. The Morgan fingerprint density at radius 1 is 1.35 bits per heavy atom. The summed E-state index contributed by atoms with van der Waals surface area (Å²) < 4.78 is 5.79. The molecule has 5 nitrogen and oxygen atoms in total. The molecule has 112 valence electrons. The van der Waals surface area contributed by atoms with Gasteiger partial charge in [-0.1, -0.05) is 6.92 Å². The highest BCUT2D eigenvalue weighted by Gasteiger charge is 2.29. The van der Waals surface area contributed by atoms with Gasteiger partial charge in [-0.15, -0.1) is 0 Å². The first-order valence-electron chi connectivity index (χ1n) is 7.41. The second-order valence-corrected chi connectivity index (χ2v) is 5.97. The summed E-state index contributed by atoms with van der Waals surface area (Å²) in [6.45, 7) is 11.0. The van der Waals surface area contributed by atoms with Gasteiger partial charge in [-0.3, -0.25) is 0 Å². The lowest BCUT2D eigenvalue weighted by Crippen LogP contribution is -2.49. The molecule has 1 aromatic heterocycles. The van der Waals surface area contributed by atoms with Crippen molar-refractivity contribution in [2.75, 3.05) is 37.0 Å². The first-order chi connectivity index (χ1) is 9.46. The molecule has 0 amide bonds. The lowest BCUT2D eigenvalue weighted by molar-refractivity contribution is -0.0279. The Morgan fingerprint density at radius 3 is 2.70 bits per heavy atom. The van der Waals surface area contributed by atoms with Crippen LogP contribution in [0.2, 0.25) is 0 Å². The van der Waals surface area contributed by atoms with Crippen molar-refractivity contribution in [3.05, 3.63) is 11.4 Å². The summed E-state index contributed by atoms with van der Waals surface area (Å²) in [7, 11) is 1.91. The number of ether oxygens (including phenoxy) is 1. The molecule has 0 spiro atoms. The van der Waals surface area contributed by atoms with Gasteiger partial charge >= 0.3 is 0 Å². The molecule has 0 radical (unpaired) electrons. The van der Waals surface area contributed by atoms with Crippen LogP contribution in [0.3, 0.4) is 0 Å². The summed E-state index contributed by atoms with van der Waals surface area (Å²) >= 11 is 0. The molecule has 0 aromatic carbocycles. The van der Waals surface area contributed by atoms with E-state index in [0.29, 0.717) is 0 Å². The monoisotopic (exact) mass is 278 g/mol. The predicted molar refractivity (Wildman–Crippen MR) is 82.6 cm³/mol. The molecule has 1 N–H and O–H groups in total. The number of morpholine rings is 1. The number of hydrogen-bond acceptors (Lipinski definition) is 5. The maximum Gasteiger partial charge on any atom is 0.137 e. The molecule has 0 atom stereocenters. The van der Waals surface area contributed by atoms with Crippen LogP contribution in [0.15, 0.2) is 0 Å². The fourth-order valence-corrected chi connectivity index (χ4v) is 2.63. The molecular weight excluding hydrogens is 252 g/mol. The zero-order chi connectivity index (χ0) is 14.8. The summed E-state index contributed by atoms with van der Waals surface area (Å²) in [6, 6.07) is 0. The zero-order valence-corrected chi connectivity index (χ0v) is 13.3. The lowest BCUT2D eigenvalue weighted by Gasteiger charge is -2.39. The Bertz CT molecular complexity index is 473. The summed E-state index contributed by atoms with van der Waals surface area (Å²) in [5, 5.41) is 3.19. The highest BCUT2D eigenvalue weighted by Crippen LogP contribution is 2.27. The van der Waals surface area contributed by atoms with Crippen LogP contribution in [0, 0.1) is 6.92 Å². The first kappa shape index (κ1) is 15.0. The maximum atomic E-state index is 5.79. The number of anilines is 2. The van der Waals surface area contributed by atoms with Crippen molar-refractivity contribution in [2.45, 2.75) is 46.1 Å². The summed E-state index contributed by atoms with van der Waals surface area (Å²) in [5.74, 6) is 2.90. The molecule has 20 heavy (non-hydrogen) atoms. The average molecular weight is 278 g/mol. The van der Waals surface area contributed by atoms with Gasteiger partial charge in [0.2, 0.25) is 0 Å². The molecule has 1 aliphatic heterocycles. The summed E-state index contributed by atoms with van der Waals surface area (Å²) in [5.41, 5.74) is 0.991. The zero-order valence-electron chi connectivity index (χ0n) is 13.3. The van der Waals surface area contributed by atoms with E-state index in [9.17, 15) is 0 Å². The fourth-order valence-electron chi connectivity index (χ4n) is 2.63. The fraction of sp³-hybridized carbons (Fsp3) is 0.733. The molecule has 1 fully saturated rings. The molecule has 1 aliphatic rings. The second-order valence-electron chi connectivity index (χ2n) is 5.97. The number of aromatic nitrogens is 2. The molecule has 2 heterocycles. The molecule has 0 aliphatic carbocycles. The van der Waals surface area contributed by atoms with Crippen LogP contribution in [0.1, 0.15) is 38.6 Å². The van der Waals surface area contributed by atoms with Gasteiger partial charge in [0.1, 0.15) is 17.5 Å². The lowest BCUT2D eigenvalue weighted by atomic mass is 10.1. The van der Waals surface area contributed by atoms with Gasteiger partial charge in [0, 0.05) is 32.1 Å². The van der Waals surface area contributed by atoms with Crippen molar-refractivity contribution in [1.82, 2.24) is 9.97 Å². The van der Waals surface area contributed by atoms with Crippen LogP contribution >= 0.6 is 0 Å². The Labute approximate surface area is 121 Å². The Hall–Kier alpha value is -1.36. The minimum Gasteiger partial charge on any atom is -0.373 e. The van der Waals surface area contributed by atoms with Crippen molar-refractivity contribution in [3.8, 4) is 0 Å². The van der Waals surface area contributed by atoms with E-state index in [0.717, 1.165) is 55.6 Å². The van der Waals surface area contributed by atoms with Gasteiger partial charge in [-0.2, -0.15) is 0 Å². The smallest absolute Gasteiger partial charge is 0.137 e. The number of rotatable bonds is 4. The van der Waals surface area contributed by atoms with Crippen LogP contribution in [-0.4, -0.2) is 42.3 Å². The maximum absolute atomic E-state index is 5.79. The molecule has 5 heteroatoms. The third-order valence-corrected chi connectivity index (χ3v) is 3.60. The van der Waals surface area contributed by atoms with Crippen molar-refractivity contribution < 1.29 is 4.74 Å². The molecule has 1 saturated heterocycles. The van der Waals surface area contributed by atoms with Crippen LogP contribution in [0.25, 0.3) is 0 Å². The van der Waals surface area contributed by atoms with E-state index >= 15 is 0 Å². The third-order valence-electron chi connectivity index (χ3n) is 3.60. The highest BCUT2D eigenvalue weighted by atomic mass is 16.5. The number of nitrogens with zero attached hydrogens (tertiary/aromatic N) is 3. The molecule has 0 unspecified atom stereocenters. The van der Waals surface area contributed by atoms with Crippen molar-refractivity contribution in [1.29, 1.82) is 0 Å². The normalized spacial score (nSPS) is 18.1. The van der Waals surface area contributed by atoms with E-state index in [1.54, 1.807) is 0 Å². The van der Waals surface area contributed by atoms with E-state index in [1.807, 2.05) is 7.05 Å². The standard InChI is InChI=1S/C15H26N4O/c1-6-7-12-17-13(16-5)11(2)14(18-12)19-8-9-20-15(3,4)10-19/h6-10H2,1-5H3,(H,16,17,18). The first-order valence-corrected chi connectivity index (χ1v) is 7.41. The quantitative estimate of drug-likeness (QED) is 0.916. The highest BCUT2D eigenvalue weighted by molar-refractivity contribution is 5.58. The predicted octanol–water partition coefficient (Wildman–Crippen LogP) is 2.39. The van der Waals surface area contributed by atoms with Crippen LogP contribution in [0.4, 0.5) is 11.6 Å². The van der Waals surface area contributed by atoms with Crippen molar-refractivity contribution >= 4 is 11.6 Å². The van der Waals surface area contributed by atoms with Crippen LogP contribution < -0.4 is 10.2 Å². The molecule has 0 saturated carbocycles. The largest absolute Gasteiger partial charge is 0.373 e. The Balaban J connectivity index is 2.36. The second kappa shape index (κ2) is 5.95. The average Bonchev–Trinajstić information content (AvgIpc) is 2.39. The summed E-state index contributed by atoms with van der Waals surface area (Å²) in [6.07, 6.45) is 1.97. The van der Waals surface area contributed by atoms with Gasteiger partial charge < -0.3 is 15.0 Å². The van der Waals surface area contributed by atoms with Crippen molar-refractivity contribution in [3.63, 3.8) is 0 Å². The van der Waals surface area contributed by atoms with Gasteiger partial charge in [-0.05, 0) is 27.2 Å².